The highest BCUT2D eigenvalue weighted by Gasteiger charge is 2.11. The first kappa shape index (κ1) is 19.6. The van der Waals surface area contributed by atoms with Crippen LogP contribution >= 0.6 is 23.2 Å². The van der Waals surface area contributed by atoms with Gasteiger partial charge >= 0.3 is 0 Å². The Morgan fingerprint density at radius 2 is 1.59 bits per heavy atom. The van der Waals surface area contributed by atoms with Crippen molar-refractivity contribution in [2.24, 2.45) is 0 Å². The second-order valence-electron chi connectivity index (χ2n) is 6.10. The highest BCUT2D eigenvalue weighted by atomic mass is 35.5. The van der Waals surface area contributed by atoms with E-state index in [0.717, 1.165) is 17.7 Å². The predicted octanol–water partition coefficient (Wildman–Crippen LogP) is 5.87. The monoisotopic (exact) mass is 401 g/mol. The molecule has 0 atom stereocenters. The van der Waals surface area contributed by atoms with Crippen molar-refractivity contribution in [3.63, 3.8) is 0 Å². The van der Waals surface area contributed by atoms with Gasteiger partial charge in [-0.1, -0.05) is 65.7 Å². The molecule has 0 fully saturated rings. The average Bonchev–Trinajstić information content (AvgIpc) is 2.68. The molecule has 140 valence electrons. The van der Waals surface area contributed by atoms with Crippen LogP contribution in [0, 0.1) is 0 Å². The van der Waals surface area contributed by atoms with Crippen LogP contribution < -0.4 is 14.8 Å². The second-order valence-corrected chi connectivity index (χ2v) is 6.95. The lowest BCUT2D eigenvalue weighted by Gasteiger charge is -2.14. The van der Waals surface area contributed by atoms with Crippen LogP contribution in [0.5, 0.6) is 11.5 Å². The lowest BCUT2D eigenvalue weighted by Crippen LogP contribution is -2.13. The number of hydrogen-bond acceptors (Lipinski definition) is 3. The topological polar surface area (TPSA) is 30.5 Å². The molecule has 0 radical (unpaired) electrons. The minimum Gasteiger partial charge on any atom is -0.493 e. The van der Waals surface area contributed by atoms with E-state index < -0.39 is 0 Å². The molecule has 27 heavy (non-hydrogen) atoms. The minimum absolute atomic E-state index is 0.388. The maximum atomic E-state index is 6.45. The van der Waals surface area contributed by atoms with Gasteiger partial charge in [-0.05, 0) is 34.9 Å². The average molecular weight is 402 g/mol. The van der Waals surface area contributed by atoms with Gasteiger partial charge in [0.1, 0.15) is 6.61 Å². The summed E-state index contributed by atoms with van der Waals surface area (Å²) in [5.74, 6) is 1.26. The summed E-state index contributed by atoms with van der Waals surface area (Å²) in [6.45, 7) is 1.80. The first-order valence-corrected chi connectivity index (χ1v) is 9.39. The van der Waals surface area contributed by atoms with Gasteiger partial charge in [0, 0.05) is 29.2 Å². The molecule has 0 heterocycles. The van der Waals surface area contributed by atoms with E-state index in [1.54, 1.807) is 13.2 Å². The Kier molecular flexibility index (Phi) is 6.99. The molecule has 0 spiro atoms. The van der Waals surface area contributed by atoms with Crippen LogP contribution in [0.2, 0.25) is 10.0 Å². The SMILES string of the molecule is COc1cc(CNCc2ccccc2)c(Cl)cc1OCc1cccc(Cl)c1. The van der Waals surface area contributed by atoms with Crippen molar-refractivity contribution < 1.29 is 9.47 Å². The first-order chi connectivity index (χ1) is 13.2. The molecule has 0 aromatic heterocycles. The van der Waals surface area contributed by atoms with Crippen molar-refractivity contribution in [2.75, 3.05) is 7.11 Å². The molecular formula is C22H21Cl2NO2. The lowest BCUT2D eigenvalue weighted by molar-refractivity contribution is 0.284. The van der Waals surface area contributed by atoms with Gasteiger partial charge in [0.05, 0.1) is 7.11 Å². The molecule has 5 heteroatoms. The zero-order valence-corrected chi connectivity index (χ0v) is 16.6. The summed E-state index contributed by atoms with van der Waals surface area (Å²) in [6, 6.07) is 21.5. The standard InChI is InChI=1S/C22H21Cl2NO2/c1-26-21-11-18(14-25-13-16-6-3-2-4-7-16)20(24)12-22(21)27-15-17-8-5-9-19(23)10-17/h2-12,25H,13-15H2,1H3. The van der Waals surface area contributed by atoms with Crippen molar-refractivity contribution >= 4 is 23.2 Å². The van der Waals surface area contributed by atoms with Gasteiger partial charge in [0.2, 0.25) is 0 Å². The molecular weight excluding hydrogens is 381 g/mol. The van der Waals surface area contributed by atoms with Crippen molar-refractivity contribution in [3.05, 3.63) is 93.5 Å². The summed E-state index contributed by atoms with van der Waals surface area (Å²) in [7, 11) is 1.62. The van der Waals surface area contributed by atoms with Gasteiger partial charge in [-0.15, -0.1) is 0 Å². The molecule has 3 aromatic carbocycles. The normalized spacial score (nSPS) is 10.6. The highest BCUT2D eigenvalue weighted by Crippen LogP contribution is 2.34. The smallest absolute Gasteiger partial charge is 0.163 e. The number of nitrogens with one attached hydrogen (secondary N) is 1. The second kappa shape index (κ2) is 9.65. The molecule has 0 amide bonds. The zero-order valence-electron chi connectivity index (χ0n) is 15.0. The Balaban J connectivity index is 1.65. The van der Waals surface area contributed by atoms with Gasteiger partial charge in [-0.3, -0.25) is 0 Å². The van der Waals surface area contributed by atoms with Crippen molar-refractivity contribution in [2.45, 2.75) is 19.7 Å². The molecule has 0 aliphatic heterocycles. The summed E-state index contributed by atoms with van der Waals surface area (Å²) >= 11 is 12.5. The molecule has 0 aliphatic carbocycles. The van der Waals surface area contributed by atoms with E-state index in [2.05, 4.69) is 17.4 Å². The summed E-state index contributed by atoms with van der Waals surface area (Å²) in [5, 5.41) is 4.72. The number of benzene rings is 3. The Labute approximate surface area is 169 Å². The van der Waals surface area contributed by atoms with E-state index in [9.17, 15) is 0 Å². The van der Waals surface area contributed by atoms with Crippen LogP contribution in [0.25, 0.3) is 0 Å². The molecule has 0 bridgehead atoms. The number of hydrogen-bond donors (Lipinski definition) is 1. The molecule has 0 aliphatic rings. The van der Waals surface area contributed by atoms with Crippen LogP contribution in [0.4, 0.5) is 0 Å². The first-order valence-electron chi connectivity index (χ1n) is 8.64. The Morgan fingerprint density at radius 3 is 2.33 bits per heavy atom. The third-order valence-electron chi connectivity index (χ3n) is 4.10. The van der Waals surface area contributed by atoms with Gasteiger partial charge in [0.25, 0.3) is 0 Å². The van der Waals surface area contributed by atoms with Crippen LogP contribution in [-0.2, 0) is 19.7 Å². The van der Waals surface area contributed by atoms with E-state index >= 15 is 0 Å². The molecule has 1 N–H and O–H groups in total. The van der Waals surface area contributed by atoms with Crippen molar-refractivity contribution in [3.8, 4) is 11.5 Å². The Morgan fingerprint density at radius 1 is 0.815 bits per heavy atom. The summed E-state index contributed by atoms with van der Waals surface area (Å²) in [4.78, 5) is 0. The quantitative estimate of drug-likeness (QED) is 0.511. The number of halogens is 2. The van der Waals surface area contributed by atoms with Gasteiger partial charge in [-0.2, -0.15) is 0 Å². The molecule has 0 unspecified atom stereocenters. The van der Waals surface area contributed by atoms with Gasteiger partial charge < -0.3 is 14.8 Å². The Bertz CT molecular complexity index is 885. The van der Waals surface area contributed by atoms with Crippen LogP contribution in [0.1, 0.15) is 16.7 Å². The lowest BCUT2D eigenvalue weighted by atomic mass is 10.1. The summed E-state index contributed by atoms with van der Waals surface area (Å²) < 4.78 is 11.4. The van der Waals surface area contributed by atoms with Crippen LogP contribution in [0.3, 0.4) is 0 Å². The van der Waals surface area contributed by atoms with Crippen molar-refractivity contribution in [1.82, 2.24) is 5.32 Å². The fraction of sp³-hybridized carbons (Fsp3) is 0.182. The van der Waals surface area contributed by atoms with E-state index in [0.29, 0.717) is 34.7 Å². The third kappa shape index (κ3) is 5.64. The molecule has 3 nitrogen and oxygen atoms in total. The highest BCUT2D eigenvalue weighted by molar-refractivity contribution is 6.31. The van der Waals surface area contributed by atoms with E-state index in [1.807, 2.05) is 48.5 Å². The fourth-order valence-electron chi connectivity index (χ4n) is 2.71. The van der Waals surface area contributed by atoms with E-state index in [4.69, 9.17) is 32.7 Å². The molecule has 0 saturated carbocycles. The predicted molar refractivity (Wildman–Crippen MR) is 111 cm³/mol. The Hall–Kier alpha value is -2.20. The maximum absolute atomic E-state index is 6.45. The van der Waals surface area contributed by atoms with E-state index in [1.165, 1.54) is 5.56 Å². The largest absolute Gasteiger partial charge is 0.493 e. The molecule has 3 aromatic rings. The summed E-state index contributed by atoms with van der Waals surface area (Å²) in [5.41, 5.74) is 3.16. The van der Waals surface area contributed by atoms with Crippen LogP contribution in [-0.4, -0.2) is 7.11 Å². The number of rotatable bonds is 8. The van der Waals surface area contributed by atoms with E-state index in [-0.39, 0.29) is 0 Å². The van der Waals surface area contributed by atoms with Crippen LogP contribution in [0.15, 0.2) is 66.7 Å². The van der Waals surface area contributed by atoms with Gasteiger partial charge in [0.15, 0.2) is 11.5 Å². The van der Waals surface area contributed by atoms with Crippen molar-refractivity contribution in [1.29, 1.82) is 0 Å². The number of methoxy groups -OCH3 is 1. The minimum atomic E-state index is 0.388. The summed E-state index contributed by atoms with van der Waals surface area (Å²) in [6.07, 6.45) is 0. The maximum Gasteiger partial charge on any atom is 0.163 e. The zero-order chi connectivity index (χ0) is 19.1. The molecule has 0 saturated heterocycles. The number of ether oxygens (including phenoxy) is 2. The fourth-order valence-corrected chi connectivity index (χ4v) is 3.14. The molecule has 3 rings (SSSR count). The third-order valence-corrected chi connectivity index (χ3v) is 4.69. The van der Waals surface area contributed by atoms with Gasteiger partial charge in [-0.25, -0.2) is 0 Å².